The molecule has 2 N–H and O–H groups in total. The molecule has 0 aliphatic carbocycles. The van der Waals surface area contributed by atoms with Gasteiger partial charge in [0.25, 0.3) is 0 Å². The second-order valence-electron chi connectivity index (χ2n) is 3.64. The highest BCUT2D eigenvalue weighted by Crippen LogP contribution is 2.20. The SMILES string of the molecule is COc1cc(CS(=O)(=O)CC(N)=O)ccc1C#N. The molecule has 1 amide bonds. The Morgan fingerprint density at radius 1 is 1.50 bits per heavy atom. The summed E-state index contributed by atoms with van der Waals surface area (Å²) >= 11 is 0. The number of nitrogens with zero attached hydrogens (tertiary/aromatic N) is 1. The molecule has 0 bridgehead atoms. The number of primary amides is 1. The summed E-state index contributed by atoms with van der Waals surface area (Å²) < 4.78 is 28.1. The summed E-state index contributed by atoms with van der Waals surface area (Å²) in [6.07, 6.45) is 0. The first-order valence-electron chi connectivity index (χ1n) is 4.93. The van der Waals surface area contributed by atoms with E-state index in [-0.39, 0.29) is 5.75 Å². The molecule has 0 saturated heterocycles. The van der Waals surface area contributed by atoms with Crippen molar-refractivity contribution >= 4 is 15.7 Å². The Kier molecular flexibility index (Phi) is 4.28. The van der Waals surface area contributed by atoms with Gasteiger partial charge in [0.2, 0.25) is 5.91 Å². The van der Waals surface area contributed by atoms with Gasteiger partial charge in [0.05, 0.1) is 18.4 Å². The Hall–Kier alpha value is -2.07. The van der Waals surface area contributed by atoms with Crippen molar-refractivity contribution in [3.05, 3.63) is 29.3 Å². The molecule has 0 heterocycles. The fraction of sp³-hybridized carbons (Fsp3) is 0.273. The lowest BCUT2D eigenvalue weighted by Crippen LogP contribution is -2.24. The number of carbonyl (C=O) groups is 1. The molecule has 0 fully saturated rings. The summed E-state index contributed by atoms with van der Waals surface area (Å²) in [6, 6.07) is 6.34. The molecule has 0 radical (unpaired) electrons. The first-order valence-corrected chi connectivity index (χ1v) is 6.76. The molecule has 1 aromatic rings. The monoisotopic (exact) mass is 268 g/mol. The number of benzene rings is 1. The maximum Gasteiger partial charge on any atom is 0.232 e. The molecule has 1 rings (SSSR count). The second kappa shape index (κ2) is 5.51. The third-order valence-corrected chi connectivity index (χ3v) is 3.63. The topological polar surface area (TPSA) is 110 Å². The zero-order valence-electron chi connectivity index (χ0n) is 9.71. The van der Waals surface area contributed by atoms with Gasteiger partial charge in [-0.25, -0.2) is 8.42 Å². The molecule has 18 heavy (non-hydrogen) atoms. The van der Waals surface area contributed by atoms with Gasteiger partial charge in [-0.05, 0) is 17.7 Å². The van der Waals surface area contributed by atoms with Crippen molar-refractivity contribution in [2.24, 2.45) is 5.73 Å². The van der Waals surface area contributed by atoms with Gasteiger partial charge in [-0.15, -0.1) is 0 Å². The van der Waals surface area contributed by atoms with Crippen molar-refractivity contribution in [1.82, 2.24) is 0 Å². The van der Waals surface area contributed by atoms with Gasteiger partial charge < -0.3 is 10.5 Å². The quantitative estimate of drug-likeness (QED) is 0.806. The van der Waals surface area contributed by atoms with Crippen molar-refractivity contribution in [2.75, 3.05) is 12.9 Å². The normalized spacial score (nSPS) is 10.7. The molecule has 1 aromatic carbocycles. The molecule has 0 aliphatic heterocycles. The van der Waals surface area contributed by atoms with Crippen LogP contribution in [0.3, 0.4) is 0 Å². The molecule has 0 atom stereocenters. The average Bonchev–Trinajstić information content (AvgIpc) is 2.26. The lowest BCUT2D eigenvalue weighted by molar-refractivity contribution is -0.115. The van der Waals surface area contributed by atoms with Gasteiger partial charge in [-0.3, -0.25) is 4.79 Å². The first-order chi connectivity index (χ1) is 8.38. The molecule has 0 aromatic heterocycles. The van der Waals surface area contributed by atoms with E-state index in [0.717, 1.165) is 0 Å². The minimum absolute atomic E-state index is 0.296. The minimum Gasteiger partial charge on any atom is -0.495 e. The van der Waals surface area contributed by atoms with Crippen LogP contribution in [0.1, 0.15) is 11.1 Å². The number of nitriles is 1. The molecule has 0 unspecified atom stereocenters. The summed E-state index contributed by atoms with van der Waals surface area (Å²) in [5.74, 6) is -1.62. The fourth-order valence-corrected chi connectivity index (χ4v) is 2.66. The second-order valence-corrected chi connectivity index (χ2v) is 5.71. The van der Waals surface area contributed by atoms with Crippen LogP contribution in [0.5, 0.6) is 5.75 Å². The van der Waals surface area contributed by atoms with Crippen LogP contribution in [-0.4, -0.2) is 27.2 Å². The third-order valence-electron chi connectivity index (χ3n) is 2.14. The maximum absolute atomic E-state index is 11.6. The zero-order chi connectivity index (χ0) is 13.8. The van der Waals surface area contributed by atoms with Crippen molar-refractivity contribution in [3.8, 4) is 11.8 Å². The van der Waals surface area contributed by atoms with Crippen LogP contribution < -0.4 is 10.5 Å². The Morgan fingerprint density at radius 3 is 2.67 bits per heavy atom. The zero-order valence-corrected chi connectivity index (χ0v) is 10.5. The summed E-state index contributed by atoms with van der Waals surface area (Å²) in [7, 11) is -2.20. The smallest absolute Gasteiger partial charge is 0.232 e. The number of sulfone groups is 1. The van der Waals surface area contributed by atoms with Gasteiger partial charge in [-0.2, -0.15) is 5.26 Å². The molecule has 96 valence electrons. The average molecular weight is 268 g/mol. The van der Waals surface area contributed by atoms with Crippen LogP contribution in [0.25, 0.3) is 0 Å². The van der Waals surface area contributed by atoms with E-state index in [2.05, 4.69) is 0 Å². The Morgan fingerprint density at radius 2 is 2.17 bits per heavy atom. The Balaban J connectivity index is 3.00. The molecule has 0 aliphatic rings. The lowest BCUT2D eigenvalue weighted by atomic mass is 10.1. The summed E-state index contributed by atoms with van der Waals surface area (Å²) in [5, 5.41) is 8.78. The van der Waals surface area contributed by atoms with Crippen molar-refractivity contribution in [3.63, 3.8) is 0 Å². The van der Waals surface area contributed by atoms with E-state index in [1.54, 1.807) is 0 Å². The molecule has 6 nitrogen and oxygen atoms in total. The molecule has 7 heteroatoms. The van der Waals surface area contributed by atoms with Crippen LogP contribution in [0.2, 0.25) is 0 Å². The van der Waals surface area contributed by atoms with Gasteiger partial charge in [0.15, 0.2) is 9.84 Å². The number of nitrogens with two attached hydrogens (primary N) is 1. The lowest BCUT2D eigenvalue weighted by Gasteiger charge is -2.06. The standard InChI is InChI=1S/C11H12N2O4S/c1-17-10-4-8(2-3-9(10)5-12)6-18(15,16)7-11(13)14/h2-4H,6-7H2,1H3,(H2,13,14). The molecular formula is C11H12N2O4S. The number of ether oxygens (including phenoxy) is 1. The Bertz CT molecular complexity index is 602. The number of methoxy groups -OCH3 is 1. The third kappa shape index (κ3) is 3.75. The van der Waals surface area contributed by atoms with E-state index in [0.29, 0.717) is 16.9 Å². The largest absolute Gasteiger partial charge is 0.495 e. The molecule has 0 saturated carbocycles. The molecular weight excluding hydrogens is 256 g/mol. The van der Waals surface area contributed by atoms with Crippen LogP contribution in [0, 0.1) is 11.3 Å². The van der Waals surface area contributed by atoms with Gasteiger partial charge >= 0.3 is 0 Å². The van der Waals surface area contributed by atoms with Crippen LogP contribution in [0.4, 0.5) is 0 Å². The van der Waals surface area contributed by atoms with E-state index in [9.17, 15) is 13.2 Å². The predicted molar refractivity (Wildman–Crippen MR) is 64.4 cm³/mol. The van der Waals surface area contributed by atoms with Crippen molar-refractivity contribution in [1.29, 1.82) is 5.26 Å². The number of hydrogen-bond acceptors (Lipinski definition) is 5. The highest BCUT2D eigenvalue weighted by molar-refractivity contribution is 7.91. The van der Waals surface area contributed by atoms with Crippen molar-refractivity contribution < 1.29 is 17.9 Å². The first kappa shape index (κ1) is 14.0. The van der Waals surface area contributed by atoms with Crippen LogP contribution >= 0.6 is 0 Å². The van der Waals surface area contributed by atoms with Gasteiger partial charge in [0, 0.05) is 0 Å². The number of rotatable bonds is 5. The van der Waals surface area contributed by atoms with Crippen LogP contribution in [0.15, 0.2) is 18.2 Å². The number of hydrogen-bond donors (Lipinski definition) is 1. The van der Waals surface area contributed by atoms with E-state index >= 15 is 0 Å². The summed E-state index contributed by atoms with van der Waals surface area (Å²) in [6.45, 7) is 0. The van der Waals surface area contributed by atoms with E-state index in [1.165, 1.54) is 25.3 Å². The van der Waals surface area contributed by atoms with Crippen LogP contribution in [-0.2, 0) is 20.4 Å². The summed E-state index contributed by atoms with van der Waals surface area (Å²) in [5.41, 5.74) is 5.60. The fourth-order valence-electron chi connectivity index (χ4n) is 1.44. The highest BCUT2D eigenvalue weighted by atomic mass is 32.2. The minimum atomic E-state index is -3.59. The maximum atomic E-state index is 11.6. The predicted octanol–water partition coefficient (Wildman–Crippen LogP) is -0.0330. The van der Waals surface area contributed by atoms with E-state index in [4.69, 9.17) is 15.7 Å². The van der Waals surface area contributed by atoms with Gasteiger partial charge in [-0.1, -0.05) is 6.07 Å². The van der Waals surface area contributed by atoms with Gasteiger partial charge in [0.1, 0.15) is 17.6 Å². The molecule has 0 spiro atoms. The van der Waals surface area contributed by atoms with E-state index in [1.807, 2.05) is 6.07 Å². The Labute approximate surface area is 105 Å². The number of amides is 1. The highest BCUT2D eigenvalue weighted by Gasteiger charge is 2.16. The van der Waals surface area contributed by atoms with Crippen molar-refractivity contribution in [2.45, 2.75) is 5.75 Å². The number of carbonyl (C=O) groups excluding carboxylic acids is 1. The van der Waals surface area contributed by atoms with E-state index < -0.39 is 21.5 Å². The summed E-state index contributed by atoms with van der Waals surface area (Å²) in [4.78, 5) is 10.6.